The summed E-state index contributed by atoms with van der Waals surface area (Å²) in [5.41, 5.74) is 3.25. The Balaban J connectivity index is 2.01. The van der Waals surface area contributed by atoms with Gasteiger partial charge in [-0.05, 0) is 36.2 Å². The summed E-state index contributed by atoms with van der Waals surface area (Å²) in [6.45, 7) is 2.62. The van der Waals surface area contributed by atoms with Gasteiger partial charge in [-0.1, -0.05) is 19.1 Å². The number of nitrogens with zero attached hydrogens (tertiary/aromatic N) is 1. The third kappa shape index (κ3) is 3.55. The van der Waals surface area contributed by atoms with Gasteiger partial charge in [0.2, 0.25) is 0 Å². The topological polar surface area (TPSA) is 62.2 Å². The third-order valence-corrected chi connectivity index (χ3v) is 2.90. The zero-order valence-electron chi connectivity index (χ0n) is 10.8. The van der Waals surface area contributed by atoms with Crippen molar-refractivity contribution in [3.63, 3.8) is 0 Å². The summed E-state index contributed by atoms with van der Waals surface area (Å²) in [6, 6.07) is 11.2. The van der Waals surface area contributed by atoms with E-state index in [9.17, 15) is 4.79 Å². The molecule has 2 rings (SSSR count). The molecule has 2 aromatic rings. The Morgan fingerprint density at radius 2 is 2.00 bits per heavy atom. The van der Waals surface area contributed by atoms with Crippen LogP contribution in [0.25, 0.3) is 0 Å². The Labute approximate surface area is 112 Å². The number of hydrogen-bond donors (Lipinski definition) is 2. The van der Waals surface area contributed by atoms with Crippen molar-refractivity contribution in [2.45, 2.75) is 19.9 Å². The predicted octanol–water partition coefficient (Wildman–Crippen LogP) is 2.95. The number of aryl methyl sites for hydroxylation is 1. The van der Waals surface area contributed by atoms with Crippen LogP contribution in [0.15, 0.2) is 42.6 Å². The van der Waals surface area contributed by atoms with E-state index in [4.69, 9.17) is 5.11 Å². The molecule has 1 aromatic heterocycles. The van der Waals surface area contributed by atoms with Gasteiger partial charge in [-0.15, -0.1) is 0 Å². The number of carbonyl (C=O) groups is 1. The van der Waals surface area contributed by atoms with Gasteiger partial charge in [-0.25, -0.2) is 4.79 Å². The molecule has 0 aliphatic rings. The van der Waals surface area contributed by atoms with Crippen molar-refractivity contribution in [2.24, 2.45) is 0 Å². The summed E-state index contributed by atoms with van der Waals surface area (Å²) in [4.78, 5) is 15.0. The zero-order valence-corrected chi connectivity index (χ0v) is 10.8. The Kier molecular flexibility index (Phi) is 4.13. The first-order chi connectivity index (χ1) is 9.19. The van der Waals surface area contributed by atoms with E-state index in [0.29, 0.717) is 12.2 Å². The molecule has 0 aliphatic heterocycles. The van der Waals surface area contributed by atoms with Gasteiger partial charge in [0.1, 0.15) is 0 Å². The minimum Gasteiger partial charge on any atom is -0.478 e. The second-order valence-corrected chi connectivity index (χ2v) is 4.25. The van der Waals surface area contributed by atoms with Crippen LogP contribution in [0.5, 0.6) is 0 Å². The summed E-state index contributed by atoms with van der Waals surface area (Å²) in [5.74, 6) is -0.934. The number of aromatic nitrogens is 1. The molecule has 0 aliphatic carbocycles. The van der Waals surface area contributed by atoms with Crippen molar-refractivity contribution >= 4 is 11.7 Å². The number of aromatic carboxylic acids is 1. The number of anilines is 1. The molecule has 0 radical (unpaired) electrons. The Bertz CT molecular complexity index is 565. The lowest BCUT2D eigenvalue weighted by Crippen LogP contribution is -2.04. The van der Waals surface area contributed by atoms with Crippen LogP contribution in [0, 0.1) is 0 Å². The lowest BCUT2D eigenvalue weighted by atomic mass is 10.1. The highest BCUT2D eigenvalue weighted by atomic mass is 16.4. The second kappa shape index (κ2) is 6.00. The molecule has 1 heterocycles. The van der Waals surface area contributed by atoms with Gasteiger partial charge in [-0.3, -0.25) is 4.98 Å². The van der Waals surface area contributed by atoms with Crippen molar-refractivity contribution in [2.75, 3.05) is 5.32 Å². The fourth-order valence-corrected chi connectivity index (χ4v) is 1.76. The van der Waals surface area contributed by atoms with Crippen LogP contribution in [0.3, 0.4) is 0 Å². The quantitative estimate of drug-likeness (QED) is 0.863. The fraction of sp³-hybridized carbons (Fsp3) is 0.200. The average molecular weight is 256 g/mol. The van der Waals surface area contributed by atoms with E-state index in [0.717, 1.165) is 12.1 Å². The van der Waals surface area contributed by atoms with Crippen LogP contribution in [-0.2, 0) is 13.0 Å². The third-order valence-electron chi connectivity index (χ3n) is 2.90. The van der Waals surface area contributed by atoms with Crippen LogP contribution in [0.1, 0.15) is 28.5 Å². The first-order valence-electron chi connectivity index (χ1n) is 6.20. The van der Waals surface area contributed by atoms with Gasteiger partial charge in [0, 0.05) is 11.9 Å². The highest BCUT2D eigenvalue weighted by Crippen LogP contribution is 2.11. The average Bonchev–Trinajstić information content (AvgIpc) is 2.46. The van der Waals surface area contributed by atoms with Crippen molar-refractivity contribution in [1.82, 2.24) is 4.98 Å². The lowest BCUT2D eigenvalue weighted by molar-refractivity contribution is 0.0696. The predicted molar refractivity (Wildman–Crippen MR) is 74.3 cm³/mol. The molecule has 0 saturated carbocycles. The minimum atomic E-state index is -0.934. The molecule has 0 saturated heterocycles. The highest BCUT2D eigenvalue weighted by molar-refractivity contribution is 5.87. The SMILES string of the molecule is CCc1ccc(NCc2cc(C(=O)O)ccn2)cc1. The number of nitrogens with one attached hydrogen (secondary N) is 1. The van der Waals surface area contributed by atoms with Crippen molar-refractivity contribution in [3.05, 3.63) is 59.4 Å². The van der Waals surface area contributed by atoms with Crippen LogP contribution in [0.2, 0.25) is 0 Å². The van der Waals surface area contributed by atoms with E-state index in [2.05, 4.69) is 29.4 Å². The Morgan fingerprint density at radius 1 is 1.26 bits per heavy atom. The molecule has 0 atom stereocenters. The minimum absolute atomic E-state index is 0.258. The molecule has 1 aromatic carbocycles. The second-order valence-electron chi connectivity index (χ2n) is 4.25. The molecular formula is C15H16N2O2. The zero-order chi connectivity index (χ0) is 13.7. The number of carboxylic acids is 1. The van der Waals surface area contributed by atoms with Gasteiger partial charge in [0.25, 0.3) is 0 Å². The first-order valence-corrected chi connectivity index (χ1v) is 6.20. The van der Waals surface area contributed by atoms with Crippen LogP contribution >= 0.6 is 0 Å². The normalized spacial score (nSPS) is 10.2. The highest BCUT2D eigenvalue weighted by Gasteiger charge is 2.04. The maximum Gasteiger partial charge on any atom is 0.335 e. The van der Waals surface area contributed by atoms with Crippen LogP contribution in [-0.4, -0.2) is 16.1 Å². The molecule has 0 unspecified atom stereocenters. The molecular weight excluding hydrogens is 240 g/mol. The van der Waals surface area contributed by atoms with Gasteiger partial charge < -0.3 is 10.4 Å². The van der Waals surface area contributed by atoms with E-state index in [1.54, 1.807) is 6.07 Å². The molecule has 0 bridgehead atoms. The molecule has 0 fully saturated rings. The number of pyridine rings is 1. The molecule has 4 nitrogen and oxygen atoms in total. The monoisotopic (exact) mass is 256 g/mol. The number of rotatable bonds is 5. The molecule has 0 amide bonds. The van der Waals surface area contributed by atoms with E-state index in [1.165, 1.54) is 17.8 Å². The summed E-state index contributed by atoms with van der Waals surface area (Å²) in [5, 5.41) is 12.1. The van der Waals surface area contributed by atoms with E-state index in [-0.39, 0.29) is 5.56 Å². The maximum absolute atomic E-state index is 10.8. The van der Waals surface area contributed by atoms with E-state index < -0.39 is 5.97 Å². The summed E-state index contributed by atoms with van der Waals surface area (Å²) in [7, 11) is 0. The number of carboxylic acid groups (broad SMARTS) is 1. The van der Waals surface area contributed by atoms with Gasteiger partial charge in [-0.2, -0.15) is 0 Å². The van der Waals surface area contributed by atoms with Crippen molar-refractivity contribution in [3.8, 4) is 0 Å². The Hall–Kier alpha value is -2.36. The Morgan fingerprint density at radius 3 is 2.63 bits per heavy atom. The molecule has 98 valence electrons. The lowest BCUT2D eigenvalue weighted by Gasteiger charge is -2.07. The van der Waals surface area contributed by atoms with Gasteiger partial charge in [0.15, 0.2) is 0 Å². The summed E-state index contributed by atoms with van der Waals surface area (Å²) < 4.78 is 0. The molecule has 0 spiro atoms. The molecule has 4 heteroatoms. The number of hydrogen-bond acceptors (Lipinski definition) is 3. The maximum atomic E-state index is 10.8. The smallest absolute Gasteiger partial charge is 0.335 e. The number of benzene rings is 1. The van der Waals surface area contributed by atoms with Crippen molar-refractivity contribution in [1.29, 1.82) is 0 Å². The van der Waals surface area contributed by atoms with E-state index >= 15 is 0 Å². The summed E-state index contributed by atoms with van der Waals surface area (Å²) in [6.07, 6.45) is 2.53. The summed E-state index contributed by atoms with van der Waals surface area (Å²) >= 11 is 0. The van der Waals surface area contributed by atoms with Crippen LogP contribution < -0.4 is 5.32 Å². The molecule has 2 N–H and O–H groups in total. The van der Waals surface area contributed by atoms with Crippen molar-refractivity contribution < 1.29 is 9.90 Å². The largest absolute Gasteiger partial charge is 0.478 e. The van der Waals surface area contributed by atoms with Crippen LogP contribution in [0.4, 0.5) is 5.69 Å². The van der Waals surface area contributed by atoms with E-state index in [1.807, 2.05) is 12.1 Å². The fourth-order valence-electron chi connectivity index (χ4n) is 1.76. The first kappa shape index (κ1) is 13.1. The van der Waals surface area contributed by atoms with Gasteiger partial charge in [0.05, 0.1) is 17.8 Å². The standard InChI is InChI=1S/C15H16N2O2/c1-2-11-3-5-13(6-4-11)17-10-14-9-12(15(18)19)7-8-16-14/h3-9,17H,2,10H2,1H3,(H,18,19). The van der Waals surface area contributed by atoms with Gasteiger partial charge >= 0.3 is 5.97 Å². The molecule has 19 heavy (non-hydrogen) atoms.